The molecular formula is C32H39Cl3N2O5. The van der Waals surface area contributed by atoms with Gasteiger partial charge in [0, 0.05) is 10.4 Å². The number of benzene rings is 3. The maximum atomic E-state index is 13.3. The van der Waals surface area contributed by atoms with Crippen molar-refractivity contribution in [2.75, 3.05) is 24.0 Å². The molecule has 0 saturated carbocycles. The van der Waals surface area contributed by atoms with E-state index < -0.39 is 11.9 Å². The molecule has 0 aromatic heterocycles. The number of rotatable bonds is 17. The molecule has 3 aromatic rings. The van der Waals surface area contributed by atoms with E-state index in [0.29, 0.717) is 23.1 Å². The highest BCUT2D eigenvalue weighted by Gasteiger charge is 2.22. The van der Waals surface area contributed by atoms with Crippen molar-refractivity contribution in [1.82, 2.24) is 0 Å². The minimum Gasteiger partial charge on any atom is -0.506 e. The Morgan fingerprint density at radius 2 is 1.45 bits per heavy atom. The number of unbranched alkanes of at least 4 members (excludes halogenated alkanes) is 9. The summed E-state index contributed by atoms with van der Waals surface area (Å²) in [5.74, 6) is -1.58. The van der Waals surface area contributed by atoms with Gasteiger partial charge in [-0.1, -0.05) is 112 Å². The van der Waals surface area contributed by atoms with Crippen LogP contribution in [0.5, 0.6) is 5.75 Å². The summed E-state index contributed by atoms with van der Waals surface area (Å²) in [4.78, 5) is 31.3. The second kappa shape index (κ2) is 17.4. The Balaban J connectivity index is 1.63. The lowest BCUT2D eigenvalue weighted by Crippen LogP contribution is -2.14. The topological polar surface area (TPSA) is 96.9 Å². The van der Waals surface area contributed by atoms with Crippen molar-refractivity contribution in [2.45, 2.75) is 78.1 Å². The number of hydrogen-bond donors (Lipinski definition) is 3. The highest BCUT2D eigenvalue weighted by molar-refractivity contribution is 6.39. The molecule has 0 radical (unpaired) electrons. The Morgan fingerprint density at radius 1 is 0.786 bits per heavy atom. The van der Waals surface area contributed by atoms with Crippen LogP contribution in [0.4, 0.5) is 11.4 Å². The number of ether oxygens (including phenoxy) is 1. The number of esters is 1. The van der Waals surface area contributed by atoms with Crippen molar-refractivity contribution in [3.8, 4) is 5.75 Å². The standard InChI is InChI=1S/C32H39Cl3N2O5/c1-3-5-6-7-8-9-10-11-12-13-17-41-32(40)22-19-28(26(35)20-25(22)34)36-31(39)23-18-24(33)21-15-14-16-27(37-42-4-2)29(21)30(23)38/h14-16,18-20,37-38H,3-13,17H2,1-2H3,(H,36,39). The number of nitrogens with one attached hydrogen (secondary N) is 2. The molecule has 0 aliphatic carbocycles. The van der Waals surface area contributed by atoms with Crippen LogP contribution in [0.3, 0.4) is 0 Å². The van der Waals surface area contributed by atoms with Gasteiger partial charge in [-0.2, -0.15) is 0 Å². The molecule has 0 bridgehead atoms. The van der Waals surface area contributed by atoms with Crippen molar-refractivity contribution < 1.29 is 24.3 Å². The van der Waals surface area contributed by atoms with E-state index in [-0.39, 0.29) is 44.2 Å². The lowest BCUT2D eigenvalue weighted by molar-refractivity contribution is 0.0497. The maximum absolute atomic E-state index is 13.3. The molecule has 0 heterocycles. The van der Waals surface area contributed by atoms with Gasteiger partial charge in [-0.3, -0.25) is 15.1 Å². The van der Waals surface area contributed by atoms with Gasteiger partial charge >= 0.3 is 5.97 Å². The van der Waals surface area contributed by atoms with Crippen molar-refractivity contribution >= 4 is 68.8 Å². The van der Waals surface area contributed by atoms with E-state index >= 15 is 0 Å². The number of hydrogen-bond acceptors (Lipinski definition) is 6. The van der Waals surface area contributed by atoms with Crippen molar-refractivity contribution in [3.05, 3.63) is 62.6 Å². The number of aromatic hydroxyl groups is 1. The largest absolute Gasteiger partial charge is 0.506 e. The van der Waals surface area contributed by atoms with Crippen LogP contribution >= 0.6 is 34.8 Å². The molecule has 3 rings (SSSR count). The first-order chi connectivity index (χ1) is 20.3. The molecule has 0 aliphatic rings. The Hall–Kier alpha value is -2.71. The molecule has 0 atom stereocenters. The lowest BCUT2D eigenvalue weighted by Gasteiger charge is -2.15. The summed E-state index contributed by atoms with van der Waals surface area (Å²) >= 11 is 19.1. The predicted molar refractivity (Wildman–Crippen MR) is 172 cm³/mol. The van der Waals surface area contributed by atoms with Crippen molar-refractivity contribution in [2.24, 2.45) is 0 Å². The normalized spacial score (nSPS) is 11.1. The van der Waals surface area contributed by atoms with Crippen LogP contribution in [0.15, 0.2) is 36.4 Å². The number of carbonyl (C=O) groups is 2. The van der Waals surface area contributed by atoms with Gasteiger partial charge in [0.2, 0.25) is 0 Å². The van der Waals surface area contributed by atoms with E-state index in [4.69, 9.17) is 44.4 Å². The molecule has 0 unspecified atom stereocenters. The molecule has 10 heteroatoms. The van der Waals surface area contributed by atoms with Gasteiger partial charge in [0.25, 0.3) is 5.91 Å². The fourth-order valence-corrected chi connectivity index (χ4v) is 5.42. The van der Waals surface area contributed by atoms with Crippen LogP contribution in [0.2, 0.25) is 15.1 Å². The maximum Gasteiger partial charge on any atom is 0.339 e. The molecular weight excluding hydrogens is 599 g/mol. The molecule has 0 fully saturated rings. The zero-order valence-electron chi connectivity index (χ0n) is 24.2. The van der Waals surface area contributed by atoms with Gasteiger partial charge < -0.3 is 15.2 Å². The smallest absolute Gasteiger partial charge is 0.339 e. The number of amides is 1. The van der Waals surface area contributed by atoms with Gasteiger partial charge in [-0.15, -0.1) is 0 Å². The van der Waals surface area contributed by atoms with Gasteiger partial charge in [0.05, 0.1) is 51.1 Å². The van der Waals surface area contributed by atoms with Gasteiger partial charge in [-0.05, 0) is 37.6 Å². The minimum absolute atomic E-state index is 0.0763. The second-order valence-electron chi connectivity index (χ2n) is 10.1. The van der Waals surface area contributed by atoms with E-state index in [1.54, 1.807) is 18.2 Å². The van der Waals surface area contributed by atoms with Gasteiger partial charge in [-0.25, -0.2) is 4.79 Å². The average molecular weight is 638 g/mol. The highest BCUT2D eigenvalue weighted by Crippen LogP contribution is 2.40. The number of anilines is 2. The molecule has 3 N–H and O–H groups in total. The molecule has 0 saturated heterocycles. The predicted octanol–water partition coefficient (Wildman–Crippen LogP) is 10.2. The molecule has 0 aliphatic heterocycles. The third-order valence-electron chi connectivity index (χ3n) is 6.91. The fraction of sp³-hybridized carbons (Fsp3) is 0.438. The zero-order chi connectivity index (χ0) is 30.5. The summed E-state index contributed by atoms with van der Waals surface area (Å²) in [6.07, 6.45) is 11.8. The zero-order valence-corrected chi connectivity index (χ0v) is 26.4. The third-order valence-corrected chi connectivity index (χ3v) is 7.85. The first kappa shape index (κ1) is 33.8. The summed E-state index contributed by atoms with van der Waals surface area (Å²) in [5, 5.41) is 15.0. The third kappa shape index (κ3) is 9.40. The first-order valence-corrected chi connectivity index (χ1v) is 15.7. The average Bonchev–Trinajstić information content (AvgIpc) is 2.97. The summed E-state index contributed by atoms with van der Waals surface area (Å²) in [5.41, 5.74) is 3.33. The summed E-state index contributed by atoms with van der Waals surface area (Å²) in [7, 11) is 0. The first-order valence-electron chi connectivity index (χ1n) is 14.6. The van der Waals surface area contributed by atoms with E-state index in [9.17, 15) is 14.7 Å². The quantitative estimate of drug-likeness (QED) is 0.0774. The van der Waals surface area contributed by atoms with Crippen LogP contribution in [-0.4, -0.2) is 30.2 Å². The van der Waals surface area contributed by atoms with Crippen molar-refractivity contribution in [3.63, 3.8) is 0 Å². The molecule has 1 amide bonds. The fourth-order valence-electron chi connectivity index (χ4n) is 4.64. The Morgan fingerprint density at radius 3 is 2.12 bits per heavy atom. The van der Waals surface area contributed by atoms with Crippen LogP contribution in [-0.2, 0) is 9.57 Å². The number of fused-ring (bicyclic) bond motifs is 1. The van der Waals surface area contributed by atoms with E-state index in [1.807, 2.05) is 6.92 Å². The Bertz CT molecular complexity index is 1370. The second-order valence-corrected chi connectivity index (χ2v) is 11.3. The van der Waals surface area contributed by atoms with Crippen LogP contribution < -0.4 is 10.8 Å². The molecule has 42 heavy (non-hydrogen) atoms. The molecule has 0 spiro atoms. The number of carbonyl (C=O) groups excluding carboxylic acids is 2. The summed E-state index contributed by atoms with van der Waals surface area (Å²) in [6.45, 7) is 4.68. The molecule has 7 nitrogen and oxygen atoms in total. The van der Waals surface area contributed by atoms with E-state index in [1.165, 1.54) is 63.1 Å². The van der Waals surface area contributed by atoms with Gasteiger partial charge in [0.15, 0.2) is 0 Å². The summed E-state index contributed by atoms with van der Waals surface area (Å²) in [6, 6.07) is 9.27. The SMILES string of the molecule is CCCCCCCCCCCCOC(=O)c1cc(NC(=O)c2cc(Cl)c3cccc(NOCC)c3c2O)c(Cl)cc1Cl. The van der Waals surface area contributed by atoms with Gasteiger partial charge in [0.1, 0.15) is 5.75 Å². The number of phenols is 1. The highest BCUT2D eigenvalue weighted by atomic mass is 35.5. The molecule has 3 aromatic carbocycles. The lowest BCUT2D eigenvalue weighted by atomic mass is 10.0. The van der Waals surface area contributed by atoms with Crippen LogP contribution in [0.1, 0.15) is 98.8 Å². The van der Waals surface area contributed by atoms with E-state index in [0.717, 1.165) is 19.3 Å². The number of phenolic OH excluding ortho intramolecular Hbond substituents is 1. The summed E-state index contributed by atoms with van der Waals surface area (Å²) < 4.78 is 5.44. The van der Waals surface area contributed by atoms with Crippen LogP contribution in [0, 0.1) is 0 Å². The Labute approximate surface area is 262 Å². The monoisotopic (exact) mass is 636 g/mol. The minimum atomic E-state index is -0.684. The van der Waals surface area contributed by atoms with Crippen LogP contribution in [0.25, 0.3) is 10.8 Å². The number of halogens is 3. The van der Waals surface area contributed by atoms with Crippen molar-refractivity contribution in [1.29, 1.82) is 0 Å². The molecule has 228 valence electrons. The van der Waals surface area contributed by atoms with E-state index in [2.05, 4.69) is 17.7 Å². The Kier molecular flexibility index (Phi) is 14.0.